The molecule has 1 aliphatic heterocycles. The number of amides is 1. The van der Waals surface area contributed by atoms with Gasteiger partial charge < -0.3 is 29.0 Å². The van der Waals surface area contributed by atoms with E-state index < -0.39 is 54.5 Å². The van der Waals surface area contributed by atoms with Gasteiger partial charge in [0.05, 0.1) is 0 Å². The molecule has 1 amide bonds. The fourth-order valence-electron chi connectivity index (χ4n) is 2.60. The van der Waals surface area contributed by atoms with Crippen LogP contribution in [0.25, 0.3) is 0 Å². The van der Waals surface area contributed by atoms with Gasteiger partial charge in [-0.15, -0.1) is 0 Å². The van der Waals surface area contributed by atoms with Crippen LogP contribution in [0.4, 0.5) is 0 Å². The van der Waals surface area contributed by atoms with Crippen molar-refractivity contribution < 1.29 is 42.9 Å². The van der Waals surface area contributed by atoms with Crippen LogP contribution in [0, 0.1) is 0 Å². The van der Waals surface area contributed by atoms with Crippen molar-refractivity contribution in [2.75, 3.05) is 13.2 Å². The third kappa shape index (κ3) is 6.60. The lowest BCUT2D eigenvalue weighted by Gasteiger charge is -2.44. The molecule has 0 saturated carbocycles. The van der Waals surface area contributed by atoms with E-state index in [0.29, 0.717) is 0 Å². The lowest BCUT2D eigenvalue weighted by Crippen LogP contribution is -2.66. The zero-order valence-electron chi connectivity index (χ0n) is 15.5. The van der Waals surface area contributed by atoms with Crippen molar-refractivity contribution in [2.45, 2.75) is 65.3 Å². The molecule has 0 spiro atoms. The Morgan fingerprint density at radius 3 is 1.96 bits per heavy atom. The fourth-order valence-corrected chi connectivity index (χ4v) is 2.60. The molecule has 0 bridgehead atoms. The number of esters is 3. The van der Waals surface area contributed by atoms with Gasteiger partial charge in [-0.05, 0) is 6.92 Å². The number of nitrogens with one attached hydrogen (secondary N) is 1. The second kappa shape index (κ2) is 10.1. The van der Waals surface area contributed by atoms with Gasteiger partial charge in [-0.3, -0.25) is 19.2 Å². The van der Waals surface area contributed by atoms with Crippen molar-refractivity contribution in [1.82, 2.24) is 5.32 Å². The standard InChI is InChI=1S/C16H25NO9/c1-6-22-16-13(17-8(2)18)15(25-11(5)21)14(24-10(4)20)12(26-16)7-23-9(3)19/h12-16H,6-7H2,1-5H3,(H,17,18)/t12-,13+,14+,15-,16-/m0/s1. The van der Waals surface area contributed by atoms with Gasteiger partial charge in [-0.1, -0.05) is 0 Å². The maximum Gasteiger partial charge on any atom is 0.303 e. The number of carbonyl (C=O) groups excluding carboxylic acids is 4. The van der Waals surface area contributed by atoms with E-state index in [1.54, 1.807) is 6.92 Å². The summed E-state index contributed by atoms with van der Waals surface area (Å²) in [6.07, 6.45) is -4.15. The second-order valence-corrected chi connectivity index (χ2v) is 5.68. The lowest BCUT2D eigenvalue weighted by atomic mass is 9.96. The van der Waals surface area contributed by atoms with E-state index in [9.17, 15) is 19.2 Å². The monoisotopic (exact) mass is 375 g/mol. The molecular formula is C16H25NO9. The Morgan fingerprint density at radius 2 is 1.50 bits per heavy atom. The van der Waals surface area contributed by atoms with Crippen LogP contribution in [0.3, 0.4) is 0 Å². The quantitative estimate of drug-likeness (QED) is 0.470. The van der Waals surface area contributed by atoms with Crippen molar-refractivity contribution in [2.24, 2.45) is 0 Å². The van der Waals surface area contributed by atoms with E-state index in [0.717, 1.165) is 0 Å². The SMILES string of the molecule is CCO[C@H]1O[C@@H](COC(C)=O)[C@@H](OC(C)=O)[C@@H](OC(C)=O)[C@H]1NC(C)=O. The summed E-state index contributed by atoms with van der Waals surface area (Å²) < 4.78 is 26.7. The highest BCUT2D eigenvalue weighted by molar-refractivity contribution is 5.73. The Labute approximate surface area is 151 Å². The Bertz CT molecular complexity index is 536. The molecule has 0 aliphatic carbocycles. The van der Waals surface area contributed by atoms with Crippen molar-refractivity contribution in [3.63, 3.8) is 0 Å². The highest BCUT2D eigenvalue weighted by Gasteiger charge is 2.51. The van der Waals surface area contributed by atoms with Gasteiger partial charge in [0.2, 0.25) is 5.91 Å². The van der Waals surface area contributed by atoms with Crippen molar-refractivity contribution in [3.8, 4) is 0 Å². The molecule has 0 aromatic carbocycles. The number of ether oxygens (including phenoxy) is 5. The largest absolute Gasteiger partial charge is 0.463 e. The summed E-state index contributed by atoms with van der Waals surface area (Å²) >= 11 is 0. The predicted molar refractivity (Wildman–Crippen MR) is 85.6 cm³/mol. The normalized spacial score (nSPS) is 28.0. The van der Waals surface area contributed by atoms with Gasteiger partial charge >= 0.3 is 17.9 Å². The highest BCUT2D eigenvalue weighted by Crippen LogP contribution is 2.27. The van der Waals surface area contributed by atoms with Crippen molar-refractivity contribution in [3.05, 3.63) is 0 Å². The van der Waals surface area contributed by atoms with Crippen LogP contribution < -0.4 is 5.32 Å². The van der Waals surface area contributed by atoms with Crippen LogP contribution in [0.15, 0.2) is 0 Å². The summed E-state index contributed by atoms with van der Waals surface area (Å²) in [6.45, 7) is 6.56. The van der Waals surface area contributed by atoms with E-state index in [4.69, 9.17) is 23.7 Å². The van der Waals surface area contributed by atoms with Gasteiger partial charge in [0.25, 0.3) is 0 Å². The first-order valence-corrected chi connectivity index (χ1v) is 8.17. The molecule has 26 heavy (non-hydrogen) atoms. The van der Waals surface area contributed by atoms with E-state index in [1.165, 1.54) is 27.7 Å². The summed E-state index contributed by atoms with van der Waals surface area (Å²) in [5.41, 5.74) is 0. The molecule has 0 aromatic rings. The molecule has 1 aliphatic rings. The molecule has 1 heterocycles. The molecule has 0 radical (unpaired) electrons. The Hall–Kier alpha value is -2.20. The molecular weight excluding hydrogens is 350 g/mol. The number of carbonyl (C=O) groups is 4. The first-order chi connectivity index (χ1) is 12.1. The Morgan fingerprint density at radius 1 is 0.923 bits per heavy atom. The molecule has 1 N–H and O–H groups in total. The summed E-state index contributed by atoms with van der Waals surface area (Å²) in [5.74, 6) is -2.28. The zero-order valence-corrected chi connectivity index (χ0v) is 15.5. The summed E-state index contributed by atoms with van der Waals surface area (Å²) in [6, 6.07) is -0.922. The van der Waals surface area contributed by atoms with Crippen LogP contribution in [0.2, 0.25) is 0 Å². The van der Waals surface area contributed by atoms with Gasteiger partial charge in [0, 0.05) is 34.3 Å². The van der Waals surface area contributed by atoms with Crippen LogP contribution in [-0.4, -0.2) is 67.7 Å². The second-order valence-electron chi connectivity index (χ2n) is 5.68. The highest BCUT2D eigenvalue weighted by atomic mass is 16.7. The van der Waals surface area contributed by atoms with E-state index in [2.05, 4.69) is 5.32 Å². The van der Waals surface area contributed by atoms with Gasteiger partial charge in [0.15, 0.2) is 18.5 Å². The molecule has 0 unspecified atom stereocenters. The minimum atomic E-state index is -1.11. The lowest BCUT2D eigenvalue weighted by molar-refractivity contribution is -0.276. The van der Waals surface area contributed by atoms with Gasteiger partial charge in [-0.2, -0.15) is 0 Å². The average molecular weight is 375 g/mol. The van der Waals surface area contributed by atoms with Gasteiger partial charge in [-0.25, -0.2) is 0 Å². The zero-order chi connectivity index (χ0) is 19.9. The summed E-state index contributed by atoms with van der Waals surface area (Å²) in [7, 11) is 0. The molecule has 1 fully saturated rings. The third-order valence-corrected chi connectivity index (χ3v) is 3.40. The molecule has 10 nitrogen and oxygen atoms in total. The number of rotatable bonds is 7. The fraction of sp³-hybridized carbons (Fsp3) is 0.750. The topological polar surface area (TPSA) is 126 Å². The number of hydrogen-bond donors (Lipinski definition) is 1. The molecule has 1 saturated heterocycles. The molecule has 148 valence electrons. The first-order valence-electron chi connectivity index (χ1n) is 8.17. The van der Waals surface area contributed by atoms with Crippen LogP contribution in [0.1, 0.15) is 34.6 Å². The van der Waals surface area contributed by atoms with Crippen LogP contribution in [0.5, 0.6) is 0 Å². The molecule has 0 aromatic heterocycles. The third-order valence-electron chi connectivity index (χ3n) is 3.40. The van der Waals surface area contributed by atoms with E-state index in [-0.39, 0.29) is 13.2 Å². The van der Waals surface area contributed by atoms with Crippen molar-refractivity contribution >= 4 is 23.8 Å². The van der Waals surface area contributed by atoms with E-state index >= 15 is 0 Å². The Balaban J connectivity index is 3.22. The summed E-state index contributed by atoms with van der Waals surface area (Å²) in [4.78, 5) is 45.8. The minimum Gasteiger partial charge on any atom is -0.463 e. The maximum atomic E-state index is 11.6. The maximum absolute atomic E-state index is 11.6. The van der Waals surface area contributed by atoms with E-state index in [1.807, 2.05) is 0 Å². The number of hydrogen-bond acceptors (Lipinski definition) is 9. The van der Waals surface area contributed by atoms with Crippen LogP contribution >= 0.6 is 0 Å². The molecule has 1 rings (SSSR count). The smallest absolute Gasteiger partial charge is 0.303 e. The first kappa shape index (κ1) is 21.8. The van der Waals surface area contributed by atoms with Crippen LogP contribution in [-0.2, 0) is 42.9 Å². The minimum absolute atomic E-state index is 0.242. The average Bonchev–Trinajstić information content (AvgIpc) is 2.50. The molecule has 5 atom stereocenters. The van der Waals surface area contributed by atoms with Gasteiger partial charge in [0.1, 0.15) is 18.8 Å². The molecule has 10 heteroatoms. The predicted octanol–water partition coefficient (Wildman–Crippen LogP) is -0.321. The van der Waals surface area contributed by atoms with Crippen molar-refractivity contribution in [1.29, 1.82) is 0 Å². The summed E-state index contributed by atoms with van der Waals surface area (Å²) in [5, 5.41) is 2.60. The Kier molecular flexibility index (Phi) is 8.46.